The van der Waals surface area contributed by atoms with E-state index in [9.17, 15) is 5.11 Å². The lowest BCUT2D eigenvalue weighted by atomic mass is 10.1. The van der Waals surface area contributed by atoms with E-state index in [4.69, 9.17) is 18.9 Å². The first kappa shape index (κ1) is 18.7. The van der Waals surface area contributed by atoms with E-state index in [2.05, 4.69) is 13.2 Å². The van der Waals surface area contributed by atoms with E-state index in [1.165, 1.54) is 0 Å². The number of aliphatic hydroxyl groups is 1. The number of hydrogen-bond donors (Lipinski definition) is 1. The fraction of sp³-hybridized carbons (Fsp3) is 0.474. The highest BCUT2D eigenvalue weighted by molar-refractivity contribution is 5.28. The largest absolute Gasteiger partial charge is 0.497 e. The zero-order chi connectivity index (χ0) is 17.4. The lowest BCUT2D eigenvalue weighted by Crippen LogP contribution is -2.44. The molecule has 1 N–H and O–H groups in total. The van der Waals surface area contributed by atoms with Gasteiger partial charge in [-0.1, -0.05) is 24.3 Å². The maximum Gasteiger partial charge on any atom is 0.184 e. The molecule has 0 aliphatic carbocycles. The number of benzene rings is 1. The van der Waals surface area contributed by atoms with E-state index in [0.29, 0.717) is 19.4 Å². The molecule has 24 heavy (non-hydrogen) atoms. The van der Waals surface area contributed by atoms with Gasteiger partial charge >= 0.3 is 0 Å². The van der Waals surface area contributed by atoms with E-state index >= 15 is 0 Å². The van der Waals surface area contributed by atoms with Crippen LogP contribution >= 0.6 is 0 Å². The van der Waals surface area contributed by atoms with Crippen molar-refractivity contribution in [2.45, 2.75) is 37.4 Å². The van der Waals surface area contributed by atoms with Crippen LogP contribution in [0.2, 0.25) is 0 Å². The van der Waals surface area contributed by atoms with E-state index in [1.54, 1.807) is 19.3 Å². The lowest BCUT2D eigenvalue weighted by Gasteiger charge is -2.37. The highest BCUT2D eigenvalue weighted by Crippen LogP contribution is 2.30. The molecule has 5 heteroatoms. The monoisotopic (exact) mass is 334 g/mol. The molecule has 1 aliphatic heterocycles. The molecule has 0 saturated carbocycles. The summed E-state index contributed by atoms with van der Waals surface area (Å²) in [5.41, 5.74) is 0.924. The molecular weight excluding hydrogens is 308 g/mol. The molecule has 1 heterocycles. The lowest BCUT2D eigenvalue weighted by molar-refractivity contribution is -0.273. The minimum Gasteiger partial charge on any atom is -0.497 e. The molecule has 1 saturated heterocycles. The van der Waals surface area contributed by atoms with Crippen LogP contribution in [0.4, 0.5) is 0 Å². The maximum absolute atomic E-state index is 9.40. The van der Waals surface area contributed by atoms with Gasteiger partial charge in [0, 0.05) is 5.56 Å². The first-order chi connectivity index (χ1) is 11.7. The minimum atomic E-state index is -0.451. The zero-order valence-electron chi connectivity index (χ0n) is 14.1. The second-order valence-electron chi connectivity index (χ2n) is 5.64. The summed E-state index contributed by atoms with van der Waals surface area (Å²) in [7, 11) is 1.63. The van der Waals surface area contributed by atoms with Crippen LogP contribution in [0.25, 0.3) is 0 Å². The van der Waals surface area contributed by atoms with Crippen LogP contribution in [0.3, 0.4) is 0 Å². The van der Waals surface area contributed by atoms with Crippen molar-refractivity contribution in [2.24, 2.45) is 0 Å². The van der Waals surface area contributed by atoms with Crippen LogP contribution in [0.15, 0.2) is 49.6 Å². The van der Waals surface area contributed by atoms with Crippen LogP contribution in [0, 0.1) is 0 Å². The van der Waals surface area contributed by atoms with Crippen molar-refractivity contribution >= 4 is 0 Å². The van der Waals surface area contributed by atoms with Crippen molar-refractivity contribution in [3.63, 3.8) is 0 Å². The molecule has 0 bridgehead atoms. The molecule has 0 unspecified atom stereocenters. The summed E-state index contributed by atoms with van der Waals surface area (Å²) in [6.07, 6.45) is 3.57. The maximum atomic E-state index is 9.40. The van der Waals surface area contributed by atoms with Crippen LogP contribution < -0.4 is 4.74 Å². The Hall–Kier alpha value is -1.66. The quantitative estimate of drug-likeness (QED) is 0.704. The van der Waals surface area contributed by atoms with Gasteiger partial charge in [-0.15, -0.1) is 13.2 Å². The first-order valence-corrected chi connectivity index (χ1v) is 8.11. The summed E-state index contributed by atoms with van der Waals surface area (Å²) in [4.78, 5) is 0. The number of ether oxygens (including phenoxy) is 4. The Morgan fingerprint density at radius 1 is 1.29 bits per heavy atom. The average molecular weight is 334 g/mol. The molecule has 1 fully saturated rings. The molecule has 1 aromatic rings. The second-order valence-corrected chi connectivity index (χ2v) is 5.64. The highest BCUT2D eigenvalue weighted by Gasteiger charge is 2.34. The van der Waals surface area contributed by atoms with E-state index in [-0.39, 0.29) is 24.9 Å². The van der Waals surface area contributed by atoms with Crippen molar-refractivity contribution in [1.82, 2.24) is 0 Å². The topological polar surface area (TPSA) is 57.2 Å². The fourth-order valence-electron chi connectivity index (χ4n) is 2.62. The van der Waals surface area contributed by atoms with Crippen LogP contribution in [-0.2, 0) is 14.2 Å². The molecule has 1 aromatic carbocycles. The van der Waals surface area contributed by atoms with E-state index < -0.39 is 6.29 Å². The molecule has 0 aromatic heterocycles. The Labute approximate surface area is 143 Å². The van der Waals surface area contributed by atoms with Crippen molar-refractivity contribution in [3.8, 4) is 5.75 Å². The first-order valence-electron chi connectivity index (χ1n) is 8.11. The van der Waals surface area contributed by atoms with Gasteiger partial charge in [0.15, 0.2) is 6.29 Å². The molecule has 132 valence electrons. The van der Waals surface area contributed by atoms with Crippen LogP contribution in [0.1, 0.15) is 24.7 Å². The van der Waals surface area contributed by atoms with Gasteiger partial charge in [0.1, 0.15) is 11.9 Å². The fourth-order valence-corrected chi connectivity index (χ4v) is 2.62. The van der Waals surface area contributed by atoms with E-state index in [1.807, 2.05) is 24.3 Å². The van der Waals surface area contributed by atoms with Crippen molar-refractivity contribution in [3.05, 3.63) is 55.1 Å². The Kier molecular flexibility index (Phi) is 7.46. The summed E-state index contributed by atoms with van der Waals surface area (Å²) < 4.78 is 23.0. The molecule has 1 aliphatic rings. The summed E-state index contributed by atoms with van der Waals surface area (Å²) >= 11 is 0. The van der Waals surface area contributed by atoms with Gasteiger partial charge in [0.05, 0.1) is 32.5 Å². The third kappa shape index (κ3) is 4.92. The second kappa shape index (κ2) is 9.59. The van der Waals surface area contributed by atoms with Gasteiger partial charge in [0.2, 0.25) is 0 Å². The van der Waals surface area contributed by atoms with Gasteiger partial charge in [0.25, 0.3) is 0 Å². The van der Waals surface area contributed by atoms with Crippen molar-refractivity contribution < 1.29 is 24.1 Å². The summed E-state index contributed by atoms with van der Waals surface area (Å²) in [6.45, 7) is 7.80. The summed E-state index contributed by atoms with van der Waals surface area (Å²) in [5.74, 6) is 0.786. The highest BCUT2D eigenvalue weighted by atomic mass is 16.7. The molecule has 0 radical (unpaired) electrons. The minimum absolute atomic E-state index is 0.0642. The number of rotatable bonds is 9. The zero-order valence-corrected chi connectivity index (χ0v) is 14.1. The van der Waals surface area contributed by atoms with Gasteiger partial charge in [-0.2, -0.15) is 0 Å². The Balaban J connectivity index is 2.03. The predicted octanol–water partition coefficient (Wildman–Crippen LogP) is 3.01. The normalized spacial score (nSPS) is 25.0. The Morgan fingerprint density at radius 2 is 2.04 bits per heavy atom. The number of hydrogen-bond acceptors (Lipinski definition) is 5. The third-order valence-electron chi connectivity index (χ3n) is 3.91. The number of aliphatic hydroxyl groups excluding tert-OH is 1. The molecule has 0 spiro atoms. The van der Waals surface area contributed by atoms with E-state index in [0.717, 1.165) is 11.3 Å². The van der Waals surface area contributed by atoms with Gasteiger partial charge in [-0.05, 0) is 25.0 Å². The molecule has 0 amide bonds. The van der Waals surface area contributed by atoms with Crippen molar-refractivity contribution in [2.75, 3.05) is 20.3 Å². The predicted molar refractivity (Wildman–Crippen MR) is 91.9 cm³/mol. The molecule has 5 nitrogen and oxygen atoms in total. The SMILES string of the molecule is C=CC[C@H](CO)O[C@@H]1CO[C@@H](c2ccc(OC)cc2)O[C@H]1CC=C. The standard InChI is InChI=1S/C19H26O5/c1-4-6-16(12-20)23-18-13-22-19(24-17(18)7-5-2)14-8-10-15(21-3)11-9-14/h4-5,8-11,16-20H,1-2,6-7,12-13H2,3H3/t16-,17+,18-,19-/m1/s1. The molecule has 4 atom stereocenters. The Morgan fingerprint density at radius 3 is 2.62 bits per heavy atom. The van der Waals surface area contributed by atoms with Crippen molar-refractivity contribution in [1.29, 1.82) is 0 Å². The Bertz CT molecular complexity index is 513. The molecule has 2 rings (SSSR count). The van der Waals surface area contributed by atoms with Gasteiger partial charge in [-0.3, -0.25) is 0 Å². The average Bonchev–Trinajstić information content (AvgIpc) is 2.63. The van der Waals surface area contributed by atoms with Crippen LogP contribution in [-0.4, -0.2) is 43.7 Å². The van der Waals surface area contributed by atoms with Gasteiger partial charge in [-0.25, -0.2) is 0 Å². The summed E-state index contributed by atoms with van der Waals surface area (Å²) in [5, 5.41) is 9.40. The third-order valence-corrected chi connectivity index (χ3v) is 3.91. The summed E-state index contributed by atoms with van der Waals surface area (Å²) in [6, 6.07) is 7.59. The van der Waals surface area contributed by atoms with Crippen LogP contribution in [0.5, 0.6) is 5.75 Å². The number of methoxy groups -OCH3 is 1. The molecular formula is C19H26O5. The van der Waals surface area contributed by atoms with Gasteiger partial charge < -0.3 is 24.1 Å². The smallest absolute Gasteiger partial charge is 0.184 e.